The van der Waals surface area contributed by atoms with Gasteiger partial charge in [0.2, 0.25) is 0 Å². The van der Waals surface area contributed by atoms with Crippen LogP contribution in [0.5, 0.6) is 0 Å². The lowest BCUT2D eigenvalue weighted by molar-refractivity contribution is 1.11. The summed E-state index contributed by atoms with van der Waals surface area (Å²) >= 11 is 0. The van der Waals surface area contributed by atoms with Gasteiger partial charge in [-0.15, -0.1) is 0 Å². The highest BCUT2D eigenvalue weighted by Crippen LogP contribution is 2.31. The summed E-state index contributed by atoms with van der Waals surface area (Å²) in [6.07, 6.45) is 0.803. The third-order valence-corrected chi connectivity index (χ3v) is 6.05. The number of aromatic nitrogens is 1. The number of rotatable bonds is 3. The standard InChI is InChI=1S/C30H21N/c1-3-9-24-17-21(13-14-22(24)7-1)18-30-28(20-27-11-5-6-12-29(27)31-30)26-16-15-23-8-2-4-10-25(23)19-26/h1-17,19-20H,18H2. The minimum Gasteiger partial charge on any atom is -0.252 e. The highest BCUT2D eigenvalue weighted by Gasteiger charge is 2.11. The predicted molar refractivity (Wildman–Crippen MR) is 131 cm³/mol. The van der Waals surface area contributed by atoms with E-state index in [-0.39, 0.29) is 0 Å². The van der Waals surface area contributed by atoms with Crippen LogP contribution in [0.2, 0.25) is 0 Å². The van der Waals surface area contributed by atoms with Crippen LogP contribution in [0.3, 0.4) is 0 Å². The van der Waals surface area contributed by atoms with E-state index < -0.39 is 0 Å². The number of fused-ring (bicyclic) bond motifs is 3. The normalized spacial score (nSPS) is 11.4. The zero-order chi connectivity index (χ0) is 20.6. The minimum absolute atomic E-state index is 0.803. The Hall–Kier alpha value is -3.97. The first kappa shape index (κ1) is 17.9. The van der Waals surface area contributed by atoms with Gasteiger partial charge in [0.15, 0.2) is 0 Å². The lowest BCUT2D eigenvalue weighted by atomic mass is 9.95. The fourth-order valence-corrected chi connectivity index (χ4v) is 4.44. The second-order valence-electron chi connectivity index (χ2n) is 8.10. The van der Waals surface area contributed by atoms with Gasteiger partial charge < -0.3 is 0 Å². The number of benzene rings is 5. The van der Waals surface area contributed by atoms with E-state index in [9.17, 15) is 0 Å². The summed E-state index contributed by atoms with van der Waals surface area (Å²) in [5, 5.41) is 6.23. The Labute approximate surface area is 181 Å². The summed E-state index contributed by atoms with van der Waals surface area (Å²) in [4.78, 5) is 5.11. The van der Waals surface area contributed by atoms with Crippen molar-refractivity contribution in [2.75, 3.05) is 0 Å². The Kier molecular flexibility index (Phi) is 4.25. The van der Waals surface area contributed by atoms with Crippen LogP contribution in [-0.2, 0) is 6.42 Å². The molecule has 0 atom stereocenters. The quantitative estimate of drug-likeness (QED) is 0.298. The monoisotopic (exact) mass is 395 g/mol. The summed E-state index contributed by atoms with van der Waals surface area (Å²) in [5.41, 5.74) is 5.86. The van der Waals surface area contributed by atoms with Crippen LogP contribution in [0.25, 0.3) is 43.6 Å². The SMILES string of the molecule is c1ccc2cc(Cc3nc4ccccc4cc3-c3ccc4ccccc4c3)ccc2c1. The Morgan fingerprint density at radius 3 is 1.87 bits per heavy atom. The van der Waals surface area contributed by atoms with E-state index in [1.54, 1.807) is 0 Å². The van der Waals surface area contributed by atoms with Crippen LogP contribution in [0, 0.1) is 0 Å². The Morgan fingerprint density at radius 2 is 1.10 bits per heavy atom. The second kappa shape index (κ2) is 7.37. The summed E-state index contributed by atoms with van der Waals surface area (Å²) < 4.78 is 0. The maximum Gasteiger partial charge on any atom is 0.0705 e. The van der Waals surface area contributed by atoms with Gasteiger partial charge in [0.25, 0.3) is 0 Å². The molecule has 1 heteroatoms. The van der Waals surface area contributed by atoms with Gasteiger partial charge in [0.1, 0.15) is 0 Å². The Balaban J connectivity index is 1.52. The van der Waals surface area contributed by atoms with Gasteiger partial charge in [-0.25, -0.2) is 0 Å². The van der Waals surface area contributed by atoms with Crippen LogP contribution in [0.1, 0.15) is 11.3 Å². The van der Waals surface area contributed by atoms with Crippen molar-refractivity contribution in [3.63, 3.8) is 0 Å². The van der Waals surface area contributed by atoms with E-state index in [4.69, 9.17) is 4.98 Å². The molecule has 0 aliphatic carbocycles. The molecule has 31 heavy (non-hydrogen) atoms. The molecule has 6 aromatic rings. The number of hydrogen-bond acceptors (Lipinski definition) is 1. The first-order chi connectivity index (χ1) is 15.3. The molecule has 0 saturated heterocycles. The highest BCUT2D eigenvalue weighted by atomic mass is 14.7. The van der Waals surface area contributed by atoms with Gasteiger partial charge in [0, 0.05) is 17.4 Å². The number of hydrogen-bond donors (Lipinski definition) is 0. The van der Waals surface area contributed by atoms with E-state index in [2.05, 4.69) is 115 Å². The van der Waals surface area contributed by atoms with Crippen molar-refractivity contribution in [2.45, 2.75) is 6.42 Å². The van der Waals surface area contributed by atoms with Crippen molar-refractivity contribution < 1.29 is 0 Å². The molecule has 0 aliphatic heterocycles. The van der Waals surface area contributed by atoms with Crippen molar-refractivity contribution in [2.24, 2.45) is 0 Å². The molecule has 0 saturated carbocycles. The van der Waals surface area contributed by atoms with E-state index in [1.807, 2.05) is 0 Å². The topological polar surface area (TPSA) is 12.9 Å². The lowest BCUT2D eigenvalue weighted by Gasteiger charge is -2.13. The fraction of sp³-hybridized carbons (Fsp3) is 0.0333. The summed E-state index contributed by atoms with van der Waals surface area (Å²) in [7, 11) is 0. The van der Waals surface area contributed by atoms with Crippen LogP contribution < -0.4 is 0 Å². The molecule has 0 aliphatic rings. The molecule has 0 amide bonds. The third-order valence-electron chi connectivity index (χ3n) is 6.05. The molecule has 0 unspecified atom stereocenters. The van der Waals surface area contributed by atoms with Gasteiger partial charge in [-0.2, -0.15) is 0 Å². The summed E-state index contributed by atoms with van der Waals surface area (Å²) in [6, 6.07) is 41.2. The van der Waals surface area contributed by atoms with E-state index in [1.165, 1.54) is 43.6 Å². The largest absolute Gasteiger partial charge is 0.252 e. The maximum absolute atomic E-state index is 5.11. The van der Waals surface area contributed by atoms with Crippen molar-refractivity contribution in [1.82, 2.24) is 4.98 Å². The average Bonchev–Trinajstić information content (AvgIpc) is 2.83. The van der Waals surface area contributed by atoms with E-state index >= 15 is 0 Å². The van der Waals surface area contributed by atoms with Gasteiger partial charge in [-0.05, 0) is 50.9 Å². The third kappa shape index (κ3) is 3.35. The molecular formula is C30H21N. The Morgan fingerprint density at radius 1 is 0.484 bits per heavy atom. The van der Waals surface area contributed by atoms with Gasteiger partial charge in [-0.3, -0.25) is 4.98 Å². The fourth-order valence-electron chi connectivity index (χ4n) is 4.44. The maximum atomic E-state index is 5.11. The molecule has 1 nitrogen and oxygen atoms in total. The Bertz CT molecular complexity index is 1560. The van der Waals surface area contributed by atoms with Crippen molar-refractivity contribution in [3.8, 4) is 11.1 Å². The molecule has 0 fully saturated rings. The average molecular weight is 396 g/mol. The highest BCUT2D eigenvalue weighted by molar-refractivity contribution is 5.91. The van der Waals surface area contributed by atoms with Crippen LogP contribution in [0.4, 0.5) is 0 Å². The smallest absolute Gasteiger partial charge is 0.0705 e. The molecular weight excluding hydrogens is 374 g/mol. The van der Waals surface area contributed by atoms with Crippen molar-refractivity contribution in [1.29, 1.82) is 0 Å². The van der Waals surface area contributed by atoms with E-state index in [0.29, 0.717) is 0 Å². The summed E-state index contributed by atoms with van der Waals surface area (Å²) in [5.74, 6) is 0. The summed E-state index contributed by atoms with van der Waals surface area (Å²) in [6.45, 7) is 0. The molecule has 1 heterocycles. The minimum atomic E-state index is 0.803. The van der Waals surface area contributed by atoms with Gasteiger partial charge in [-0.1, -0.05) is 97.1 Å². The zero-order valence-electron chi connectivity index (χ0n) is 17.1. The van der Waals surface area contributed by atoms with E-state index in [0.717, 1.165) is 17.6 Å². The number of para-hydroxylation sites is 1. The molecule has 5 aromatic carbocycles. The lowest BCUT2D eigenvalue weighted by Crippen LogP contribution is -1.98. The zero-order valence-corrected chi connectivity index (χ0v) is 17.1. The van der Waals surface area contributed by atoms with Crippen LogP contribution >= 0.6 is 0 Å². The first-order valence-corrected chi connectivity index (χ1v) is 10.7. The first-order valence-electron chi connectivity index (χ1n) is 10.7. The number of nitrogens with zero attached hydrogens (tertiary/aromatic N) is 1. The molecule has 0 spiro atoms. The van der Waals surface area contributed by atoms with Gasteiger partial charge in [0.05, 0.1) is 11.2 Å². The molecule has 6 rings (SSSR count). The van der Waals surface area contributed by atoms with Crippen molar-refractivity contribution in [3.05, 3.63) is 127 Å². The number of pyridine rings is 1. The molecule has 146 valence electrons. The van der Waals surface area contributed by atoms with Gasteiger partial charge >= 0.3 is 0 Å². The molecule has 0 bridgehead atoms. The molecule has 1 aromatic heterocycles. The predicted octanol–water partition coefficient (Wildman–Crippen LogP) is 7.80. The van der Waals surface area contributed by atoms with Crippen molar-refractivity contribution >= 4 is 32.4 Å². The molecule has 0 N–H and O–H groups in total. The second-order valence-corrected chi connectivity index (χ2v) is 8.10. The van der Waals surface area contributed by atoms with Crippen LogP contribution in [0.15, 0.2) is 115 Å². The van der Waals surface area contributed by atoms with Crippen LogP contribution in [-0.4, -0.2) is 4.98 Å². The molecule has 0 radical (unpaired) electrons.